The number of H-pyrrole nitrogens is 1. The summed E-state index contributed by atoms with van der Waals surface area (Å²) in [6.45, 7) is 1.98. The van der Waals surface area contributed by atoms with E-state index >= 15 is 0 Å². The predicted octanol–water partition coefficient (Wildman–Crippen LogP) is 1.57. The van der Waals surface area contributed by atoms with Crippen LogP contribution >= 0.6 is 0 Å². The summed E-state index contributed by atoms with van der Waals surface area (Å²) in [7, 11) is 0. The molecule has 3 rings (SSSR count). The molecule has 2 heterocycles. The van der Waals surface area contributed by atoms with Gasteiger partial charge in [-0.15, -0.1) is 0 Å². The van der Waals surface area contributed by atoms with E-state index in [1.165, 1.54) is 4.52 Å². The van der Waals surface area contributed by atoms with Crippen LogP contribution < -0.4 is 5.56 Å². The van der Waals surface area contributed by atoms with E-state index in [0.29, 0.717) is 12.2 Å². The zero-order valence-electron chi connectivity index (χ0n) is 10.6. The van der Waals surface area contributed by atoms with Crippen molar-refractivity contribution in [3.8, 4) is 0 Å². The number of hydrogen-bond acceptors (Lipinski definition) is 3. The molecule has 0 aliphatic heterocycles. The second-order valence-corrected chi connectivity index (χ2v) is 4.41. The summed E-state index contributed by atoms with van der Waals surface area (Å²) in [6.07, 6.45) is 1.39. The van der Waals surface area contributed by atoms with Gasteiger partial charge in [0.05, 0.1) is 5.69 Å². The van der Waals surface area contributed by atoms with Crippen molar-refractivity contribution in [2.45, 2.75) is 19.8 Å². The first-order chi connectivity index (χ1) is 9.26. The van der Waals surface area contributed by atoms with Crippen molar-refractivity contribution in [3.63, 3.8) is 0 Å². The molecule has 2 aromatic heterocycles. The molecule has 0 amide bonds. The number of benzene rings is 1. The third-order valence-corrected chi connectivity index (χ3v) is 2.99. The Bertz CT molecular complexity index is 758. The molecule has 0 atom stereocenters. The van der Waals surface area contributed by atoms with Crippen molar-refractivity contribution in [2.24, 2.45) is 0 Å². The van der Waals surface area contributed by atoms with E-state index in [1.54, 1.807) is 6.07 Å². The van der Waals surface area contributed by atoms with Gasteiger partial charge in [-0.05, 0) is 5.56 Å². The maximum Gasteiger partial charge on any atom is 0.274 e. The largest absolute Gasteiger partial charge is 0.275 e. The van der Waals surface area contributed by atoms with Crippen LogP contribution in [-0.2, 0) is 12.8 Å². The number of nitrogens with one attached hydrogen (secondary N) is 1. The van der Waals surface area contributed by atoms with Gasteiger partial charge in [-0.25, -0.2) is 4.98 Å². The highest BCUT2D eigenvalue weighted by atomic mass is 16.1. The lowest BCUT2D eigenvalue weighted by Gasteiger charge is -2.00. The van der Waals surface area contributed by atoms with Gasteiger partial charge in [0.15, 0.2) is 0 Å². The molecule has 5 heteroatoms. The van der Waals surface area contributed by atoms with E-state index in [2.05, 4.69) is 15.1 Å². The zero-order chi connectivity index (χ0) is 13.2. The molecule has 1 N–H and O–H groups in total. The van der Waals surface area contributed by atoms with Crippen molar-refractivity contribution in [1.29, 1.82) is 0 Å². The highest BCUT2D eigenvalue weighted by Crippen LogP contribution is 2.06. The van der Waals surface area contributed by atoms with Crippen LogP contribution in [0.1, 0.15) is 24.0 Å². The molecule has 0 saturated carbocycles. The van der Waals surface area contributed by atoms with Gasteiger partial charge in [-0.1, -0.05) is 37.3 Å². The van der Waals surface area contributed by atoms with Crippen LogP contribution in [0.2, 0.25) is 0 Å². The standard InChI is InChI=1S/C14H14N4O/c1-2-12-16-14-15-11(9-13(19)18(14)17-12)8-10-6-4-3-5-7-10/h3-7,9H,2,8H2,1H3,(H,15,16,17). The van der Waals surface area contributed by atoms with Crippen LogP contribution in [0.4, 0.5) is 0 Å². The first kappa shape index (κ1) is 11.6. The third-order valence-electron chi connectivity index (χ3n) is 2.99. The van der Waals surface area contributed by atoms with E-state index in [-0.39, 0.29) is 5.56 Å². The smallest absolute Gasteiger partial charge is 0.274 e. The van der Waals surface area contributed by atoms with Crippen molar-refractivity contribution < 1.29 is 0 Å². The van der Waals surface area contributed by atoms with Gasteiger partial charge in [0, 0.05) is 18.9 Å². The molecular weight excluding hydrogens is 240 g/mol. The lowest BCUT2D eigenvalue weighted by atomic mass is 10.1. The van der Waals surface area contributed by atoms with Gasteiger partial charge in [-0.3, -0.25) is 9.89 Å². The van der Waals surface area contributed by atoms with Crippen LogP contribution in [0.3, 0.4) is 0 Å². The Morgan fingerprint density at radius 2 is 2.00 bits per heavy atom. The Morgan fingerprint density at radius 3 is 2.74 bits per heavy atom. The minimum absolute atomic E-state index is 0.122. The summed E-state index contributed by atoms with van der Waals surface area (Å²) in [4.78, 5) is 20.7. The quantitative estimate of drug-likeness (QED) is 0.771. The molecule has 96 valence electrons. The molecule has 5 nitrogen and oxygen atoms in total. The highest BCUT2D eigenvalue weighted by Gasteiger charge is 2.07. The lowest BCUT2D eigenvalue weighted by Crippen LogP contribution is -2.16. The molecule has 0 saturated heterocycles. The first-order valence-electron chi connectivity index (χ1n) is 6.28. The molecule has 0 spiro atoms. The van der Waals surface area contributed by atoms with E-state index in [0.717, 1.165) is 23.5 Å². The average molecular weight is 254 g/mol. The first-order valence-corrected chi connectivity index (χ1v) is 6.28. The summed E-state index contributed by atoms with van der Waals surface area (Å²) >= 11 is 0. The number of aryl methyl sites for hydroxylation is 1. The highest BCUT2D eigenvalue weighted by molar-refractivity contribution is 5.30. The lowest BCUT2D eigenvalue weighted by molar-refractivity contribution is 0.845. The van der Waals surface area contributed by atoms with Crippen LogP contribution in [0.25, 0.3) is 5.78 Å². The van der Waals surface area contributed by atoms with Gasteiger partial charge in [0.2, 0.25) is 0 Å². The van der Waals surface area contributed by atoms with Crippen LogP contribution in [0, 0.1) is 0 Å². The van der Waals surface area contributed by atoms with E-state index in [9.17, 15) is 4.79 Å². The van der Waals surface area contributed by atoms with Crippen molar-refractivity contribution in [3.05, 3.63) is 63.8 Å². The molecule has 19 heavy (non-hydrogen) atoms. The summed E-state index contributed by atoms with van der Waals surface area (Å²) in [5, 5.41) is 2.94. The van der Waals surface area contributed by atoms with E-state index in [1.807, 2.05) is 37.3 Å². The average Bonchev–Trinajstić information content (AvgIpc) is 2.83. The molecule has 0 radical (unpaired) electrons. The number of aromatic amines is 1. The Balaban J connectivity index is 2.03. The normalized spacial score (nSPS) is 11.0. The van der Waals surface area contributed by atoms with Gasteiger partial charge in [0.25, 0.3) is 11.3 Å². The molecule has 0 aliphatic carbocycles. The summed E-state index contributed by atoms with van der Waals surface area (Å²) < 4.78 is 1.38. The van der Waals surface area contributed by atoms with Gasteiger partial charge >= 0.3 is 0 Å². The number of nitrogens with zero attached hydrogens (tertiary/aromatic N) is 3. The Morgan fingerprint density at radius 1 is 1.21 bits per heavy atom. The number of fused-ring (bicyclic) bond motifs is 1. The van der Waals surface area contributed by atoms with Crippen LogP contribution in [0.5, 0.6) is 0 Å². The molecule has 0 fully saturated rings. The third kappa shape index (κ3) is 2.27. The minimum atomic E-state index is -0.122. The van der Waals surface area contributed by atoms with Gasteiger partial charge in [-0.2, -0.15) is 9.50 Å². The van der Waals surface area contributed by atoms with E-state index < -0.39 is 0 Å². The Hall–Kier alpha value is -2.43. The number of hydrogen-bond donors (Lipinski definition) is 1. The summed E-state index contributed by atoms with van der Waals surface area (Å²) in [5.74, 6) is 1.21. The minimum Gasteiger partial charge on any atom is -0.275 e. The molecule has 3 aromatic rings. The fourth-order valence-corrected chi connectivity index (χ4v) is 2.02. The van der Waals surface area contributed by atoms with Crippen molar-refractivity contribution in [1.82, 2.24) is 19.6 Å². The van der Waals surface area contributed by atoms with Crippen LogP contribution in [0.15, 0.2) is 41.2 Å². The topological polar surface area (TPSA) is 63.1 Å². The number of rotatable bonds is 3. The fourth-order valence-electron chi connectivity index (χ4n) is 2.02. The monoisotopic (exact) mass is 254 g/mol. The SMILES string of the molecule is CCc1nc2nc(Cc3ccccc3)cc(=O)n2[nH]1. The predicted molar refractivity (Wildman–Crippen MR) is 72.2 cm³/mol. The second kappa shape index (κ2) is 4.68. The van der Waals surface area contributed by atoms with Gasteiger partial charge < -0.3 is 0 Å². The number of aromatic nitrogens is 4. The zero-order valence-corrected chi connectivity index (χ0v) is 10.6. The molecule has 1 aromatic carbocycles. The maximum atomic E-state index is 12.0. The molecule has 0 aliphatic rings. The summed E-state index contributed by atoms with van der Waals surface area (Å²) in [6, 6.07) is 11.5. The van der Waals surface area contributed by atoms with Gasteiger partial charge in [0.1, 0.15) is 5.82 Å². The second-order valence-electron chi connectivity index (χ2n) is 4.41. The van der Waals surface area contributed by atoms with Crippen molar-refractivity contribution in [2.75, 3.05) is 0 Å². The summed E-state index contributed by atoms with van der Waals surface area (Å²) in [5.41, 5.74) is 1.75. The fraction of sp³-hybridized carbons (Fsp3) is 0.214. The van der Waals surface area contributed by atoms with Crippen molar-refractivity contribution >= 4 is 5.78 Å². The Labute approximate surface area is 109 Å². The molecule has 0 unspecified atom stereocenters. The van der Waals surface area contributed by atoms with E-state index in [4.69, 9.17) is 0 Å². The Kier molecular flexibility index (Phi) is 2.87. The molecular formula is C14H14N4O. The molecule has 0 bridgehead atoms. The maximum absolute atomic E-state index is 12.0. The van der Waals surface area contributed by atoms with Crippen LogP contribution in [-0.4, -0.2) is 19.6 Å².